The van der Waals surface area contributed by atoms with Crippen LogP contribution in [-0.2, 0) is 0 Å². The van der Waals surface area contributed by atoms with Crippen molar-refractivity contribution < 1.29 is 19.0 Å². The summed E-state index contributed by atoms with van der Waals surface area (Å²) in [5.41, 5.74) is 1.19. The lowest BCUT2D eigenvalue weighted by molar-refractivity contribution is 0.104. The van der Waals surface area contributed by atoms with Gasteiger partial charge in [0.2, 0.25) is 5.78 Å². The molecule has 0 N–H and O–H groups in total. The molecule has 1 aliphatic heterocycles. The molecule has 0 fully saturated rings. The first kappa shape index (κ1) is 15.6. The molecular weight excluding hydrogens is 306 g/mol. The SMILES string of the molecule is COc1ccc(C(=O)/C(C#N)=C/c2ccc3c(c2)OCCO3)cc1. The number of hydrogen-bond acceptors (Lipinski definition) is 5. The van der Waals surface area contributed by atoms with Crippen LogP contribution in [0.15, 0.2) is 48.0 Å². The Morgan fingerprint density at radius 2 is 1.83 bits per heavy atom. The first-order valence-electron chi connectivity index (χ1n) is 7.41. The number of rotatable bonds is 4. The molecule has 2 aromatic carbocycles. The van der Waals surface area contributed by atoms with Crippen LogP contribution in [0.3, 0.4) is 0 Å². The van der Waals surface area contributed by atoms with Crippen molar-refractivity contribution in [2.75, 3.05) is 20.3 Å². The van der Waals surface area contributed by atoms with E-state index in [9.17, 15) is 10.1 Å². The van der Waals surface area contributed by atoms with Gasteiger partial charge < -0.3 is 14.2 Å². The van der Waals surface area contributed by atoms with Crippen LogP contribution in [0.2, 0.25) is 0 Å². The average molecular weight is 321 g/mol. The van der Waals surface area contributed by atoms with Gasteiger partial charge in [0.15, 0.2) is 11.5 Å². The third kappa shape index (κ3) is 3.23. The van der Waals surface area contributed by atoms with Gasteiger partial charge in [0.1, 0.15) is 30.6 Å². The number of nitriles is 1. The van der Waals surface area contributed by atoms with E-state index in [1.54, 1.807) is 55.7 Å². The smallest absolute Gasteiger partial charge is 0.203 e. The third-order valence-corrected chi connectivity index (χ3v) is 3.59. The minimum Gasteiger partial charge on any atom is -0.497 e. The van der Waals surface area contributed by atoms with Crippen LogP contribution in [0.4, 0.5) is 0 Å². The summed E-state index contributed by atoms with van der Waals surface area (Å²) in [4.78, 5) is 12.5. The molecule has 0 unspecified atom stereocenters. The van der Waals surface area contributed by atoms with Gasteiger partial charge in [-0.25, -0.2) is 0 Å². The molecule has 0 amide bonds. The molecule has 0 bridgehead atoms. The second kappa shape index (κ2) is 6.88. The van der Waals surface area contributed by atoms with E-state index in [0.717, 1.165) is 0 Å². The molecule has 3 rings (SSSR count). The van der Waals surface area contributed by atoms with Crippen molar-refractivity contribution in [2.45, 2.75) is 0 Å². The standard InChI is InChI=1S/C19H15NO4/c1-22-16-5-3-14(4-6-16)19(21)15(12-20)10-13-2-7-17-18(11-13)24-9-8-23-17/h2-7,10-11H,8-9H2,1H3/b15-10+. The molecule has 5 heteroatoms. The molecule has 24 heavy (non-hydrogen) atoms. The minimum atomic E-state index is -0.338. The van der Waals surface area contributed by atoms with Gasteiger partial charge >= 0.3 is 0 Å². The highest BCUT2D eigenvalue weighted by Gasteiger charge is 2.14. The van der Waals surface area contributed by atoms with E-state index in [-0.39, 0.29) is 11.4 Å². The molecule has 2 aromatic rings. The summed E-state index contributed by atoms with van der Waals surface area (Å²) >= 11 is 0. The van der Waals surface area contributed by atoms with E-state index in [2.05, 4.69) is 0 Å². The number of carbonyl (C=O) groups is 1. The number of ether oxygens (including phenoxy) is 3. The van der Waals surface area contributed by atoms with Crippen molar-refractivity contribution in [2.24, 2.45) is 0 Å². The number of Topliss-reactive ketones (excluding diaryl/α,β-unsaturated/α-hetero) is 1. The van der Waals surface area contributed by atoms with Gasteiger partial charge in [0, 0.05) is 5.56 Å². The van der Waals surface area contributed by atoms with Crippen LogP contribution in [0, 0.1) is 11.3 Å². The molecule has 0 saturated carbocycles. The monoisotopic (exact) mass is 321 g/mol. The van der Waals surface area contributed by atoms with E-state index in [0.29, 0.717) is 41.6 Å². The maximum atomic E-state index is 12.5. The molecule has 0 aliphatic carbocycles. The number of fused-ring (bicyclic) bond motifs is 1. The van der Waals surface area contributed by atoms with Crippen LogP contribution in [0.5, 0.6) is 17.2 Å². The Kier molecular flexibility index (Phi) is 4.48. The maximum Gasteiger partial charge on any atom is 0.203 e. The second-order valence-corrected chi connectivity index (χ2v) is 5.13. The molecule has 0 spiro atoms. The topological polar surface area (TPSA) is 68.6 Å². The zero-order valence-corrected chi connectivity index (χ0v) is 13.1. The zero-order chi connectivity index (χ0) is 16.9. The second-order valence-electron chi connectivity index (χ2n) is 5.13. The lowest BCUT2D eigenvalue weighted by Crippen LogP contribution is -2.15. The summed E-state index contributed by atoms with van der Waals surface area (Å²) in [6, 6.07) is 13.9. The Labute approximate surface area is 139 Å². The lowest BCUT2D eigenvalue weighted by atomic mass is 10.0. The number of benzene rings is 2. The number of carbonyl (C=O) groups excluding carboxylic acids is 1. The van der Waals surface area contributed by atoms with Gasteiger partial charge in [-0.15, -0.1) is 0 Å². The molecule has 0 aromatic heterocycles. The van der Waals surface area contributed by atoms with Gasteiger partial charge in [-0.05, 0) is 48.0 Å². The number of ketones is 1. The Bertz CT molecular complexity index is 831. The van der Waals surface area contributed by atoms with Crippen LogP contribution >= 0.6 is 0 Å². The van der Waals surface area contributed by atoms with E-state index in [1.807, 2.05) is 6.07 Å². The van der Waals surface area contributed by atoms with Gasteiger partial charge in [-0.2, -0.15) is 5.26 Å². The predicted octanol–water partition coefficient (Wildman–Crippen LogP) is 3.26. The van der Waals surface area contributed by atoms with E-state index in [4.69, 9.17) is 14.2 Å². The van der Waals surface area contributed by atoms with Gasteiger partial charge in [-0.1, -0.05) is 6.07 Å². The molecule has 5 nitrogen and oxygen atoms in total. The molecule has 120 valence electrons. The summed E-state index contributed by atoms with van der Waals surface area (Å²) in [5, 5.41) is 9.34. The fourth-order valence-electron chi connectivity index (χ4n) is 2.36. The average Bonchev–Trinajstić information content (AvgIpc) is 2.65. The zero-order valence-electron chi connectivity index (χ0n) is 13.1. The first-order valence-corrected chi connectivity index (χ1v) is 7.41. The summed E-state index contributed by atoms with van der Waals surface area (Å²) < 4.78 is 16.0. The van der Waals surface area contributed by atoms with Gasteiger partial charge in [0.25, 0.3) is 0 Å². The third-order valence-electron chi connectivity index (χ3n) is 3.59. The van der Waals surface area contributed by atoms with Crippen molar-refractivity contribution >= 4 is 11.9 Å². The Balaban J connectivity index is 1.88. The molecular formula is C19H15NO4. The normalized spacial score (nSPS) is 13.1. The molecule has 0 saturated heterocycles. The van der Waals surface area contributed by atoms with Crippen LogP contribution in [-0.4, -0.2) is 26.1 Å². The summed E-state index contributed by atoms with van der Waals surface area (Å²) in [6.45, 7) is 0.998. The Morgan fingerprint density at radius 1 is 1.12 bits per heavy atom. The van der Waals surface area contributed by atoms with Crippen molar-refractivity contribution in [1.29, 1.82) is 5.26 Å². The van der Waals surface area contributed by atoms with E-state index >= 15 is 0 Å². The van der Waals surface area contributed by atoms with Gasteiger partial charge in [-0.3, -0.25) is 4.79 Å². The van der Waals surface area contributed by atoms with Crippen molar-refractivity contribution in [3.63, 3.8) is 0 Å². The highest BCUT2D eigenvalue weighted by Crippen LogP contribution is 2.31. The summed E-state index contributed by atoms with van der Waals surface area (Å²) in [6.07, 6.45) is 1.55. The number of nitrogens with zero attached hydrogens (tertiary/aromatic N) is 1. The molecule has 1 aliphatic rings. The molecule has 1 heterocycles. The van der Waals surface area contributed by atoms with Crippen molar-refractivity contribution in [3.8, 4) is 23.3 Å². The van der Waals surface area contributed by atoms with Crippen LogP contribution in [0.1, 0.15) is 15.9 Å². The first-order chi connectivity index (χ1) is 11.7. The van der Waals surface area contributed by atoms with Gasteiger partial charge in [0.05, 0.1) is 7.11 Å². The van der Waals surface area contributed by atoms with Crippen molar-refractivity contribution in [1.82, 2.24) is 0 Å². The lowest BCUT2D eigenvalue weighted by Gasteiger charge is -2.18. The van der Waals surface area contributed by atoms with E-state index in [1.165, 1.54) is 0 Å². The van der Waals surface area contributed by atoms with Crippen LogP contribution < -0.4 is 14.2 Å². The largest absolute Gasteiger partial charge is 0.497 e. The summed E-state index contributed by atoms with van der Waals surface area (Å²) in [5.74, 6) is 1.60. The molecule has 0 atom stereocenters. The summed E-state index contributed by atoms with van der Waals surface area (Å²) in [7, 11) is 1.55. The highest BCUT2D eigenvalue weighted by molar-refractivity contribution is 6.14. The Morgan fingerprint density at radius 3 is 2.50 bits per heavy atom. The van der Waals surface area contributed by atoms with Crippen molar-refractivity contribution in [3.05, 3.63) is 59.2 Å². The number of hydrogen-bond donors (Lipinski definition) is 0. The fourth-order valence-corrected chi connectivity index (χ4v) is 2.36. The number of allylic oxidation sites excluding steroid dienone is 1. The highest BCUT2D eigenvalue weighted by atomic mass is 16.6. The van der Waals surface area contributed by atoms with Crippen LogP contribution in [0.25, 0.3) is 6.08 Å². The molecule has 0 radical (unpaired) electrons. The minimum absolute atomic E-state index is 0.0526. The maximum absolute atomic E-state index is 12.5. The van der Waals surface area contributed by atoms with E-state index < -0.39 is 0 Å². The number of methoxy groups -OCH3 is 1. The fraction of sp³-hybridized carbons (Fsp3) is 0.158. The quantitative estimate of drug-likeness (QED) is 0.491. The predicted molar refractivity (Wildman–Crippen MR) is 88.3 cm³/mol. The Hall–Kier alpha value is -3.26.